The van der Waals surface area contributed by atoms with E-state index in [1.54, 1.807) is 6.20 Å². The zero-order valence-corrected chi connectivity index (χ0v) is 12.2. The van der Waals surface area contributed by atoms with Crippen molar-refractivity contribution in [2.45, 2.75) is 38.3 Å². The van der Waals surface area contributed by atoms with Gasteiger partial charge in [0.1, 0.15) is 0 Å². The molecule has 1 aliphatic carbocycles. The molecule has 0 spiro atoms. The molecule has 112 valence electrons. The third-order valence-corrected chi connectivity index (χ3v) is 4.18. The summed E-state index contributed by atoms with van der Waals surface area (Å²) in [6.07, 6.45) is 6.79. The highest BCUT2D eigenvalue weighted by Gasteiger charge is 2.23. The monoisotopic (exact) mass is 286 g/mol. The van der Waals surface area contributed by atoms with Gasteiger partial charge in [0, 0.05) is 18.2 Å². The highest BCUT2D eigenvalue weighted by Crippen LogP contribution is 2.26. The van der Waals surface area contributed by atoms with Crippen LogP contribution in [0.5, 0.6) is 0 Å². The second-order valence-electron chi connectivity index (χ2n) is 5.62. The van der Waals surface area contributed by atoms with Gasteiger partial charge < -0.3 is 9.52 Å². The summed E-state index contributed by atoms with van der Waals surface area (Å²) in [5, 5.41) is 9.27. The molecule has 0 radical (unpaired) electrons. The van der Waals surface area contributed by atoms with E-state index < -0.39 is 0 Å². The maximum Gasteiger partial charge on any atom is 0.209 e. The Morgan fingerprint density at radius 1 is 1.19 bits per heavy atom. The molecule has 0 amide bonds. The predicted molar refractivity (Wildman–Crippen MR) is 81.7 cm³/mol. The average molecular weight is 286 g/mol. The number of nitrogens with zero attached hydrogens (tertiary/aromatic N) is 2. The van der Waals surface area contributed by atoms with Gasteiger partial charge in [-0.15, -0.1) is 0 Å². The Labute approximate surface area is 125 Å². The lowest BCUT2D eigenvalue weighted by atomic mass is 10.2. The van der Waals surface area contributed by atoms with Crippen LogP contribution >= 0.6 is 0 Å². The van der Waals surface area contributed by atoms with Crippen molar-refractivity contribution in [3.63, 3.8) is 0 Å². The lowest BCUT2D eigenvalue weighted by Crippen LogP contribution is -2.35. The van der Waals surface area contributed by atoms with Crippen LogP contribution in [-0.4, -0.2) is 34.2 Å². The Hall–Kier alpha value is -1.65. The summed E-state index contributed by atoms with van der Waals surface area (Å²) in [5.41, 5.74) is 1.05. The number of hydrogen-bond acceptors (Lipinski definition) is 4. The standard InChI is InChI=1S/C17H22N2O2/c20-11-10-19(15-8-4-5-9-15)13-17-18-12-16(21-17)14-6-2-1-3-7-14/h1-3,6-7,12,15,20H,4-5,8-11,13H2. The van der Waals surface area contributed by atoms with E-state index >= 15 is 0 Å². The van der Waals surface area contributed by atoms with E-state index in [0.29, 0.717) is 19.1 Å². The highest BCUT2D eigenvalue weighted by atomic mass is 16.4. The van der Waals surface area contributed by atoms with Gasteiger partial charge in [0.2, 0.25) is 5.89 Å². The third-order valence-electron chi connectivity index (χ3n) is 4.18. The summed E-state index contributed by atoms with van der Waals surface area (Å²) in [4.78, 5) is 6.70. The predicted octanol–water partition coefficient (Wildman–Crippen LogP) is 3.08. The minimum Gasteiger partial charge on any atom is -0.439 e. The quantitative estimate of drug-likeness (QED) is 0.886. The van der Waals surface area contributed by atoms with Gasteiger partial charge in [0.05, 0.1) is 19.3 Å². The number of oxazole rings is 1. The van der Waals surface area contributed by atoms with E-state index in [2.05, 4.69) is 9.88 Å². The van der Waals surface area contributed by atoms with Crippen LogP contribution in [0, 0.1) is 0 Å². The second kappa shape index (κ2) is 6.87. The van der Waals surface area contributed by atoms with Gasteiger partial charge in [-0.25, -0.2) is 4.98 Å². The number of hydrogen-bond donors (Lipinski definition) is 1. The summed E-state index contributed by atoms with van der Waals surface area (Å²) in [6, 6.07) is 10.6. The Morgan fingerprint density at radius 2 is 1.95 bits per heavy atom. The van der Waals surface area contributed by atoms with Crippen molar-refractivity contribution in [2.75, 3.05) is 13.2 Å². The first-order chi connectivity index (χ1) is 10.4. The smallest absolute Gasteiger partial charge is 0.209 e. The lowest BCUT2D eigenvalue weighted by Gasteiger charge is -2.26. The molecule has 21 heavy (non-hydrogen) atoms. The number of aliphatic hydroxyl groups excluding tert-OH is 1. The summed E-state index contributed by atoms with van der Waals surface area (Å²) >= 11 is 0. The zero-order chi connectivity index (χ0) is 14.5. The first kappa shape index (κ1) is 14.3. The summed E-state index contributed by atoms with van der Waals surface area (Å²) in [5.74, 6) is 1.54. The maximum absolute atomic E-state index is 9.27. The minimum atomic E-state index is 0.183. The van der Waals surface area contributed by atoms with Gasteiger partial charge in [0.15, 0.2) is 5.76 Å². The molecule has 4 heteroatoms. The summed E-state index contributed by atoms with van der Waals surface area (Å²) in [6.45, 7) is 1.55. The minimum absolute atomic E-state index is 0.183. The molecular weight excluding hydrogens is 264 g/mol. The van der Waals surface area contributed by atoms with Crippen molar-refractivity contribution >= 4 is 0 Å². The molecule has 3 rings (SSSR count). The van der Waals surface area contributed by atoms with E-state index in [9.17, 15) is 5.11 Å². The fourth-order valence-corrected chi connectivity index (χ4v) is 3.08. The fourth-order valence-electron chi connectivity index (χ4n) is 3.08. The molecule has 1 aromatic carbocycles. The largest absolute Gasteiger partial charge is 0.439 e. The van der Waals surface area contributed by atoms with E-state index in [1.807, 2.05) is 30.3 Å². The molecule has 0 saturated heterocycles. The van der Waals surface area contributed by atoms with Gasteiger partial charge in [-0.05, 0) is 12.8 Å². The molecule has 1 saturated carbocycles. The van der Waals surface area contributed by atoms with Gasteiger partial charge >= 0.3 is 0 Å². The van der Waals surface area contributed by atoms with Crippen LogP contribution in [-0.2, 0) is 6.54 Å². The molecule has 0 unspecified atom stereocenters. The molecule has 0 bridgehead atoms. The Bertz CT molecular complexity index is 547. The first-order valence-electron chi connectivity index (χ1n) is 7.72. The molecule has 0 atom stereocenters. The van der Waals surface area contributed by atoms with E-state index in [0.717, 1.165) is 17.2 Å². The lowest BCUT2D eigenvalue weighted by molar-refractivity contribution is 0.134. The zero-order valence-electron chi connectivity index (χ0n) is 12.2. The molecular formula is C17H22N2O2. The van der Waals surface area contributed by atoms with Gasteiger partial charge in [0.25, 0.3) is 0 Å². The first-order valence-corrected chi connectivity index (χ1v) is 7.72. The second-order valence-corrected chi connectivity index (χ2v) is 5.62. The Morgan fingerprint density at radius 3 is 2.67 bits per heavy atom. The topological polar surface area (TPSA) is 49.5 Å². The fraction of sp³-hybridized carbons (Fsp3) is 0.471. The molecule has 1 aromatic heterocycles. The van der Waals surface area contributed by atoms with Crippen LogP contribution in [0.3, 0.4) is 0 Å². The number of aliphatic hydroxyl groups is 1. The average Bonchev–Trinajstić information content (AvgIpc) is 3.19. The third kappa shape index (κ3) is 3.52. The van der Waals surface area contributed by atoms with Gasteiger partial charge in [-0.3, -0.25) is 4.90 Å². The van der Waals surface area contributed by atoms with E-state index in [-0.39, 0.29) is 6.61 Å². The molecule has 1 N–H and O–H groups in total. The van der Waals surface area contributed by atoms with Crippen molar-refractivity contribution in [3.05, 3.63) is 42.4 Å². The van der Waals surface area contributed by atoms with Crippen LogP contribution in [0.15, 0.2) is 40.9 Å². The normalized spacial score (nSPS) is 15.9. The molecule has 0 aliphatic heterocycles. The number of benzene rings is 1. The highest BCUT2D eigenvalue weighted by molar-refractivity contribution is 5.55. The Balaban J connectivity index is 1.70. The Kier molecular flexibility index (Phi) is 4.68. The van der Waals surface area contributed by atoms with Crippen molar-refractivity contribution < 1.29 is 9.52 Å². The number of aromatic nitrogens is 1. The van der Waals surface area contributed by atoms with Crippen LogP contribution in [0.4, 0.5) is 0 Å². The molecule has 1 heterocycles. The molecule has 1 fully saturated rings. The SMILES string of the molecule is OCCN(Cc1ncc(-c2ccccc2)o1)C1CCCC1. The summed E-state index contributed by atoms with van der Waals surface area (Å²) in [7, 11) is 0. The van der Waals surface area contributed by atoms with Crippen LogP contribution < -0.4 is 0 Å². The van der Waals surface area contributed by atoms with Gasteiger partial charge in [-0.2, -0.15) is 0 Å². The molecule has 1 aliphatic rings. The van der Waals surface area contributed by atoms with E-state index in [4.69, 9.17) is 4.42 Å². The van der Waals surface area contributed by atoms with Crippen LogP contribution in [0.25, 0.3) is 11.3 Å². The van der Waals surface area contributed by atoms with Crippen molar-refractivity contribution in [1.29, 1.82) is 0 Å². The number of rotatable bonds is 6. The van der Waals surface area contributed by atoms with Crippen molar-refractivity contribution in [3.8, 4) is 11.3 Å². The van der Waals surface area contributed by atoms with E-state index in [1.165, 1.54) is 25.7 Å². The van der Waals surface area contributed by atoms with Crippen molar-refractivity contribution in [1.82, 2.24) is 9.88 Å². The summed E-state index contributed by atoms with van der Waals surface area (Å²) < 4.78 is 5.87. The maximum atomic E-state index is 9.27. The van der Waals surface area contributed by atoms with Crippen LogP contribution in [0.1, 0.15) is 31.6 Å². The van der Waals surface area contributed by atoms with Gasteiger partial charge in [-0.1, -0.05) is 43.2 Å². The van der Waals surface area contributed by atoms with Crippen molar-refractivity contribution in [2.24, 2.45) is 0 Å². The molecule has 2 aromatic rings. The molecule has 4 nitrogen and oxygen atoms in total. The van der Waals surface area contributed by atoms with Crippen LogP contribution in [0.2, 0.25) is 0 Å².